The first-order valence-corrected chi connectivity index (χ1v) is 9.17. The Morgan fingerprint density at radius 3 is 2.37 bits per heavy atom. The second-order valence-electron chi connectivity index (χ2n) is 6.58. The highest BCUT2D eigenvalue weighted by Crippen LogP contribution is 2.24. The van der Waals surface area contributed by atoms with Crippen molar-refractivity contribution in [3.8, 4) is 22.6 Å². The number of carbonyl (C=O) groups excluding carboxylic acids is 1. The van der Waals surface area contributed by atoms with Crippen LogP contribution in [0.15, 0.2) is 82.2 Å². The third-order valence-electron chi connectivity index (χ3n) is 4.68. The zero-order chi connectivity index (χ0) is 21.1. The fraction of sp³-hybridized carbons (Fsp3) is 0.0833. The molecule has 3 aromatic carbocycles. The molecule has 0 bridgehead atoms. The number of rotatable bonds is 6. The van der Waals surface area contributed by atoms with Gasteiger partial charge in [0.2, 0.25) is 0 Å². The quantitative estimate of drug-likeness (QED) is 0.429. The van der Waals surface area contributed by atoms with E-state index < -0.39 is 5.82 Å². The highest BCUT2D eigenvalue weighted by atomic mass is 19.1. The fourth-order valence-corrected chi connectivity index (χ4v) is 3.04. The van der Waals surface area contributed by atoms with Gasteiger partial charge in [-0.25, -0.2) is 4.39 Å². The van der Waals surface area contributed by atoms with Gasteiger partial charge < -0.3 is 13.9 Å². The van der Waals surface area contributed by atoms with Crippen molar-refractivity contribution in [2.75, 3.05) is 13.7 Å². The van der Waals surface area contributed by atoms with Crippen LogP contribution in [0.25, 0.3) is 22.1 Å². The molecule has 0 atom stereocenters. The summed E-state index contributed by atoms with van der Waals surface area (Å²) in [5.74, 6) is 0.386. The van der Waals surface area contributed by atoms with Gasteiger partial charge in [-0.05, 0) is 54.1 Å². The van der Waals surface area contributed by atoms with E-state index in [2.05, 4.69) is 0 Å². The van der Waals surface area contributed by atoms with Gasteiger partial charge in [0.1, 0.15) is 29.2 Å². The Balaban J connectivity index is 1.55. The Morgan fingerprint density at radius 1 is 0.967 bits per heavy atom. The molecule has 150 valence electrons. The molecular weight excluding hydrogens is 387 g/mol. The molecule has 1 aromatic heterocycles. The van der Waals surface area contributed by atoms with Gasteiger partial charge >= 0.3 is 0 Å². The molecule has 0 spiro atoms. The number of hydrogen-bond donors (Lipinski definition) is 0. The van der Waals surface area contributed by atoms with Gasteiger partial charge in [0, 0.05) is 11.6 Å². The second kappa shape index (κ2) is 8.21. The third kappa shape index (κ3) is 3.93. The first-order chi connectivity index (χ1) is 14.5. The lowest BCUT2D eigenvalue weighted by molar-refractivity contribution is 0.0921. The van der Waals surface area contributed by atoms with Gasteiger partial charge in [-0.2, -0.15) is 0 Å². The highest BCUT2D eigenvalue weighted by Gasteiger charge is 2.12. The molecule has 0 saturated carbocycles. The summed E-state index contributed by atoms with van der Waals surface area (Å²) >= 11 is 0. The first-order valence-electron chi connectivity index (χ1n) is 9.17. The summed E-state index contributed by atoms with van der Waals surface area (Å²) in [5.41, 5.74) is 1.69. The molecule has 0 fully saturated rings. The number of ketones is 1. The molecule has 0 N–H and O–H groups in total. The molecule has 0 unspecified atom stereocenters. The lowest BCUT2D eigenvalue weighted by Gasteiger charge is -2.08. The second-order valence-corrected chi connectivity index (χ2v) is 6.58. The number of ether oxygens (including phenoxy) is 2. The van der Waals surface area contributed by atoms with Crippen LogP contribution in [-0.2, 0) is 0 Å². The molecule has 5 nitrogen and oxygen atoms in total. The smallest absolute Gasteiger partial charge is 0.200 e. The van der Waals surface area contributed by atoms with Crippen LogP contribution in [0.2, 0.25) is 0 Å². The molecule has 0 aliphatic carbocycles. The minimum Gasteiger partial charge on any atom is -0.497 e. The Hall–Kier alpha value is -3.93. The number of Topliss-reactive ketones (excluding diaryl/α,β-unsaturated/α-hetero) is 1. The van der Waals surface area contributed by atoms with Gasteiger partial charge in [-0.3, -0.25) is 9.59 Å². The van der Waals surface area contributed by atoms with E-state index in [1.807, 2.05) is 0 Å². The number of carbonyl (C=O) groups is 1. The molecule has 0 saturated heterocycles. The molecule has 6 heteroatoms. The summed E-state index contributed by atoms with van der Waals surface area (Å²) < 4.78 is 29.3. The van der Waals surface area contributed by atoms with Crippen molar-refractivity contribution in [2.45, 2.75) is 0 Å². The van der Waals surface area contributed by atoms with E-state index in [1.165, 1.54) is 30.5 Å². The topological polar surface area (TPSA) is 65.7 Å². The molecule has 0 aliphatic heterocycles. The van der Waals surface area contributed by atoms with Crippen LogP contribution < -0.4 is 14.9 Å². The minimum atomic E-state index is -0.411. The normalized spacial score (nSPS) is 10.7. The van der Waals surface area contributed by atoms with Crippen LogP contribution in [0.3, 0.4) is 0 Å². The van der Waals surface area contributed by atoms with Crippen molar-refractivity contribution < 1.29 is 23.1 Å². The van der Waals surface area contributed by atoms with Gasteiger partial charge in [-0.15, -0.1) is 0 Å². The number of halogens is 1. The zero-order valence-electron chi connectivity index (χ0n) is 16.1. The molecule has 1 heterocycles. The van der Waals surface area contributed by atoms with Gasteiger partial charge in [0.05, 0.1) is 18.1 Å². The Morgan fingerprint density at radius 2 is 1.67 bits per heavy atom. The molecule has 30 heavy (non-hydrogen) atoms. The van der Waals surface area contributed by atoms with Crippen molar-refractivity contribution in [3.05, 3.63) is 94.6 Å². The van der Waals surface area contributed by atoms with Gasteiger partial charge in [0.15, 0.2) is 17.8 Å². The maximum absolute atomic E-state index is 13.0. The summed E-state index contributed by atoms with van der Waals surface area (Å²) in [6.07, 6.45) is 1.40. The lowest BCUT2D eigenvalue weighted by atomic mass is 10.1. The van der Waals surface area contributed by atoms with Gasteiger partial charge in [-0.1, -0.05) is 12.1 Å². The summed E-state index contributed by atoms with van der Waals surface area (Å²) in [6.45, 7) is -0.217. The number of benzene rings is 3. The van der Waals surface area contributed by atoms with Crippen molar-refractivity contribution >= 4 is 16.8 Å². The van der Waals surface area contributed by atoms with Crippen molar-refractivity contribution in [3.63, 3.8) is 0 Å². The van der Waals surface area contributed by atoms with Crippen molar-refractivity contribution in [1.29, 1.82) is 0 Å². The summed E-state index contributed by atoms with van der Waals surface area (Å²) in [7, 11) is 1.58. The maximum atomic E-state index is 13.0. The Bertz CT molecular complexity index is 1260. The van der Waals surface area contributed by atoms with E-state index in [-0.39, 0.29) is 17.8 Å². The van der Waals surface area contributed by atoms with E-state index in [0.717, 1.165) is 5.56 Å². The van der Waals surface area contributed by atoms with Gasteiger partial charge in [0.25, 0.3) is 0 Å². The van der Waals surface area contributed by atoms with Crippen LogP contribution in [0, 0.1) is 5.82 Å². The lowest BCUT2D eigenvalue weighted by Crippen LogP contribution is -2.11. The van der Waals surface area contributed by atoms with Crippen LogP contribution in [0.4, 0.5) is 4.39 Å². The van der Waals surface area contributed by atoms with E-state index >= 15 is 0 Å². The third-order valence-corrected chi connectivity index (χ3v) is 4.68. The number of methoxy groups -OCH3 is 1. The number of hydrogen-bond acceptors (Lipinski definition) is 5. The number of fused-ring (bicyclic) bond motifs is 1. The maximum Gasteiger partial charge on any atom is 0.200 e. The van der Waals surface area contributed by atoms with Crippen LogP contribution in [-0.4, -0.2) is 19.5 Å². The van der Waals surface area contributed by atoms with Crippen LogP contribution in [0.5, 0.6) is 11.5 Å². The van der Waals surface area contributed by atoms with E-state index in [0.29, 0.717) is 33.6 Å². The standard InChI is InChI=1S/C24H17FO5/c1-28-18-8-4-15(5-9-18)21-13-30-23-12-19(10-11-20(23)24(21)27)29-14-22(26)16-2-6-17(25)7-3-16/h2-13H,14H2,1H3. The van der Waals surface area contributed by atoms with Crippen LogP contribution in [0.1, 0.15) is 10.4 Å². The first kappa shape index (κ1) is 19.4. The van der Waals surface area contributed by atoms with E-state index in [9.17, 15) is 14.0 Å². The average molecular weight is 404 g/mol. The van der Waals surface area contributed by atoms with Crippen molar-refractivity contribution in [1.82, 2.24) is 0 Å². The molecule has 0 aliphatic rings. The summed E-state index contributed by atoms with van der Waals surface area (Å²) in [4.78, 5) is 25.0. The Labute approximate surface area is 171 Å². The predicted octanol–water partition coefficient (Wildman–Crippen LogP) is 4.87. The van der Waals surface area contributed by atoms with Crippen LogP contribution >= 0.6 is 0 Å². The SMILES string of the molecule is COc1ccc(-c2coc3cc(OCC(=O)c4ccc(F)cc4)ccc3c2=O)cc1. The molecule has 0 amide bonds. The van der Waals surface area contributed by atoms with E-state index in [1.54, 1.807) is 49.6 Å². The zero-order valence-corrected chi connectivity index (χ0v) is 16.1. The molecular formula is C24H17FO5. The average Bonchev–Trinajstić information content (AvgIpc) is 2.78. The molecule has 4 rings (SSSR count). The van der Waals surface area contributed by atoms with E-state index in [4.69, 9.17) is 13.9 Å². The summed E-state index contributed by atoms with van der Waals surface area (Å²) in [6, 6.07) is 17.1. The monoisotopic (exact) mass is 404 g/mol. The predicted molar refractivity (Wildman–Crippen MR) is 111 cm³/mol. The fourth-order valence-electron chi connectivity index (χ4n) is 3.04. The molecule has 0 radical (unpaired) electrons. The Kier molecular flexibility index (Phi) is 5.30. The summed E-state index contributed by atoms with van der Waals surface area (Å²) in [5, 5.41) is 0.403. The molecule has 4 aromatic rings. The highest BCUT2D eigenvalue weighted by molar-refractivity contribution is 5.97. The minimum absolute atomic E-state index is 0.171. The largest absolute Gasteiger partial charge is 0.497 e. The van der Waals surface area contributed by atoms with Crippen molar-refractivity contribution in [2.24, 2.45) is 0 Å².